The van der Waals surface area contributed by atoms with Crippen LogP contribution in [0.4, 0.5) is 0 Å². The molecule has 20 heavy (non-hydrogen) atoms. The van der Waals surface area contributed by atoms with Gasteiger partial charge in [0.2, 0.25) is 0 Å². The minimum Gasteiger partial charge on any atom is -0.478 e. The van der Waals surface area contributed by atoms with Gasteiger partial charge in [0, 0.05) is 5.54 Å². The van der Waals surface area contributed by atoms with E-state index in [0.717, 1.165) is 36.1 Å². The van der Waals surface area contributed by atoms with Gasteiger partial charge in [-0.3, -0.25) is 0 Å². The SMILES string of the molecule is CCC(CC)(CC)n1c(C)nc2ccc(C(=O)O)cc21. The first-order chi connectivity index (χ1) is 9.49. The number of fused-ring (bicyclic) bond motifs is 1. The number of hydrogen-bond donors (Lipinski definition) is 1. The summed E-state index contributed by atoms with van der Waals surface area (Å²) in [5.74, 6) is 0.0560. The molecule has 0 saturated carbocycles. The summed E-state index contributed by atoms with van der Waals surface area (Å²) in [7, 11) is 0. The molecule has 1 heterocycles. The van der Waals surface area contributed by atoms with Crippen molar-refractivity contribution in [3.05, 3.63) is 29.6 Å². The number of aromatic carboxylic acids is 1. The lowest BCUT2D eigenvalue weighted by Crippen LogP contribution is -2.32. The third-order valence-electron chi connectivity index (χ3n) is 4.52. The lowest BCUT2D eigenvalue weighted by molar-refractivity contribution is 0.0697. The van der Waals surface area contributed by atoms with Gasteiger partial charge in [-0.15, -0.1) is 0 Å². The van der Waals surface area contributed by atoms with Crippen LogP contribution < -0.4 is 0 Å². The first-order valence-corrected chi connectivity index (χ1v) is 7.22. The summed E-state index contributed by atoms with van der Waals surface area (Å²) >= 11 is 0. The molecule has 0 aliphatic carbocycles. The Labute approximate surface area is 119 Å². The third kappa shape index (κ3) is 2.09. The maximum atomic E-state index is 11.2. The van der Waals surface area contributed by atoms with E-state index in [1.165, 1.54) is 0 Å². The van der Waals surface area contributed by atoms with Crippen molar-refractivity contribution in [3.8, 4) is 0 Å². The average Bonchev–Trinajstić information content (AvgIpc) is 2.78. The number of hydrogen-bond acceptors (Lipinski definition) is 2. The number of aryl methyl sites for hydroxylation is 1. The third-order valence-corrected chi connectivity index (χ3v) is 4.52. The van der Waals surface area contributed by atoms with E-state index in [0.29, 0.717) is 5.56 Å². The molecule has 0 atom stereocenters. The van der Waals surface area contributed by atoms with Crippen molar-refractivity contribution in [1.29, 1.82) is 0 Å². The van der Waals surface area contributed by atoms with Gasteiger partial charge in [0.05, 0.1) is 16.6 Å². The predicted octanol–water partition coefficient (Wildman–Crippen LogP) is 3.97. The number of nitrogens with zero attached hydrogens (tertiary/aromatic N) is 2. The zero-order chi connectivity index (χ0) is 14.9. The molecule has 0 aliphatic heterocycles. The summed E-state index contributed by atoms with van der Waals surface area (Å²) < 4.78 is 2.23. The van der Waals surface area contributed by atoms with Gasteiger partial charge in [-0.25, -0.2) is 9.78 Å². The molecule has 4 heteroatoms. The van der Waals surface area contributed by atoms with Gasteiger partial charge in [0.25, 0.3) is 0 Å². The van der Waals surface area contributed by atoms with Crippen LogP contribution in [0, 0.1) is 6.92 Å². The van der Waals surface area contributed by atoms with Crippen molar-refractivity contribution in [2.75, 3.05) is 0 Å². The molecule has 108 valence electrons. The molecular formula is C16H22N2O2. The summed E-state index contributed by atoms with van der Waals surface area (Å²) in [4.78, 5) is 15.8. The average molecular weight is 274 g/mol. The van der Waals surface area contributed by atoms with E-state index in [4.69, 9.17) is 0 Å². The Morgan fingerprint density at radius 1 is 1.25 bits per heavy atom. The van der Waals surface area contributed by atoms with E-state index in [1.54, 1.807) is 18.2 Å². The highest BCUT2D eigenvalue weighted by Gasteiger charge is 2.29. The van der Waals surface area contributed by atoms with Gasteiger partial charge >= 0.3 is 5.97 Å². The fraction of sp³-hybridized carbons (Fsp3) is 0.500. The summed E-state index contributed by atoms with van der Waals surface area (Å²) in [6.45, 7) is 8.54. The van der Waals surface area contributed by atoms with Crippen molar-refractivity contribution in [2.24, 2.45) is 0 Å². The number of aromatic nitrogens is 2. The molecule has 0 aliphatic rings. The normalized spacial score (nSPS) is 12.0. The van der Waals surface area contributed by atoms with Gasteiger partial charge in [-0.1, -0.05) is 20.8 Å². The molecule has 2 aromatic rings. The first kappa shape index (κ1) is 14.6. The predicted molar refractivity (Wildman–Crippen MR) is 80.3 cm³/mol. The van der Waals surface area contributed by atoms with Gasteiger partial charge in [0.15, 0.2) is 0 Å². The van der Waals surface area contributed by atoms with Crippen molar-refractivity contribution in [3.63, 3.8) is 0 Å². The maximum Gasteiger partial charge on any atom is 0.335 e. The molecule has 0 saturated heterocycles. The van der Waals surface area contributed by atoms with Crippen LogP contribution >= 0.6 is 0 Å². The fourth-order valence-electron chi connectivity index (χ4n) is 3.15. The molecule has 0 spiro atoms. The highest BCUT2D eigenvalue weighted by Crippen LogP contribution is 2.34. The van der Waals surface area contributed by atoms with E-state index in [-0.39, 0.29) is 5.54 Å². The molecule has 1 aromatic carbocycles. The number of carbonyl (C=O) groups is 1. The minimum absolute atomic E-state index is 0.00988. The molecular weight excluding hydrogens is 252 g/mol. The Morgan fingerprint density at radius 3 is 2.35 bits per heavy atom. The summed E-state index contributed by atoms with van der Waals surface area (Å²) in [6.07, 6.45) is 3.01. The highest BCUT2D eigenvalue weighted by atomic mass is 16.4. The largest absolute Gasteiger partial charge is 0.478 e. The van der Waals surface area contributed by atoms with E-state index in [1.807, 2.05) is 6.92 Å². The van der Waals surface area contributed by atoms with Crippen molar-refractivity contribution in [2.45, 2.75) is 52.5 Å². The molecule has 4 nitrogen and oxygen atoms in total. The molecule has 1 aromatic heterocycles. The number of rotatable bonds is 5. The van der Waals surface area contributed by atoms with Gasteiger partial charge < -0.3 is 9.67 Å². The Morgan fingerprint density at radius 2 is 1.85 bits per heavy atom. The smallest absolute Gasteiger partial charge is 0.335 e. The molecule has 0 radical (unpaired) electrons. The van der Waals surface area contributed by atoms with Crippen molar-refractivity contribution < 1.29 is 9.90 Å². The first-order valence-electron chi connectivity index (χ1n) is 7.22. The number of carboxylic acids is 1. The molecule has 2 rings (SSSR count). The van der Waals surface area contributed by atoms with E-state index < -0.39 is 5.97 Å². The maximum absolute atomic E-state index is 11.2. The van der Waals surface area contributed by atoms with Crippen LogP contribution in [0.3, 0.4) is 0 Å². The Kier molecular flexibility index (Phi) is 3.84. The fourth-order valence-corrected chi connectivity index (χ4v) is 3.15. The van der Waals surface area contributed by atoms with E-state index in [2.05, 4.69) is 30.3 Å². The van der Waals surface area contributed by atoms with Crippen molar-refractivity contribution >= 4 is 17.0 Å². The van der Waals surface area contributed by atoms with Crippen LogP contribution in [-0.4, -0.2) is 20.6 Å². The van der Waals surface area contributed by atoms with Crippen molar-refractivity contribution in [1.82, 2.24) is 9.55 Å². The Bertz CT molecular complexity index is 631. The lowest BCUT2D eigenvalue weighted by Gasteiger charge is -2.34. The summed E-state index contributed by atoms with van der Waals surface area (Å²) in [6, 6.07) is 5.16. The van der Waals surface area contributed by atoms with Gasteiger partial charge in [-0.05, 0) is 44.4 Å². The molecule has 0 bridgehead atoms. The van der Waals surface area contributed by atoms with Crippen LogP contribution in [-0.2, 0) is 5.54 Å². The molecule has 0 unspecified atom stereocenters. The molecule has 0 amide bonds. The summed E-state index contributed by atoms with van der Waals surface area (Å²) in [5.41, 5.74) is 2.12. The quantitative estimate of drug-likeness (QED) is 0.897. The topological polar surface area (TPSA) is 55.1 Å². The van der Waals surface area contributed by atoms with E-state index in [9.17, 15) is 9.90 Å². The second kappa shape index (κ2) is 5.27. The van der Waals surface area contributed by atoms with Crippen LogP contribution in [0.25, 0.3) is 11.0 Å². The lowest BCUT2D eigenvalue weighted by atomic mass is 9.89. The van der Waals surface area contributed by atoms with Crippen LogP contribution in [0.15, 0.2) is 18.2 Å². The second-order valence-electron chi connectivity index (χ2n) is 5.29. The number of carboxylic acid groups (broad SMARTS) is 1. The zero-order valence-electron chi connectivity index (χ0n) is 12.6. The van der Waals surface area contributed by atoms with Crippen LogP contribution in [0.2, 0.25) is 0 Å². The monoisotopic (exact) mass is 274 g/mol. The Hall–Kier alpha value is -1.84. The van der Waals surface area contributed by atoms with Gasteiger partial charge in [-0.2, -0.15) is 0 Å². The zero-order valence-corrected chi connectivity index (χ0v) is 12.6. The Balaban J connectivity index is 2.77. The highest BCUT2D eigenvalue weighted by molar-refractivity contribution is 5.92. The number of imidazole rings is 1. The van der Waals surface area contributed by atoms with Gasteiger partial charge in [0.1, 0.15) is 5.82 Å². The summed E-state index contributed by atoms with van der Waals surface area (Å²) in [5, 5.41) is 9.19. The second-order valence-corrected chi connectivity index (χ2v) is 5.29. The number of benzene rings is 1. The molecule has 1 N–H and O–H groups in total. The minimum atomic E-state index is -0.896. The van der Waals surface area contributed by atoms with Crippen LogP contribution in [0.5, 0.6) is 0 Å². The standard InChI is InChI=1S/C16H22N2O2/c1-5-16(6-2,7-3)18-11(4)17-13-9-8-12(15(19)20)10-14(13)18/h8-10H,5-7H2,1-4H3,(H,19,20). The van der Waals surface area contributed by atoms with Crippen LogP contribution in [0.1, 0.15) is 56.2 Å². The molecule has 0 fully saturated rings. The van der Waals surface area contributed by atoms with E-state index >= 15 is 0 Å².